The normalized spacial score (nSPS) is 16.1. The molecule has 7 heteroatoms. The highest BCUT2D eigenvalue weighted by molar-refractivity contribution is 6.35. The fourth-order valence-electron chi connectivity index (χ4n) is 3.88. The molecule has 6 nitrogen and oxygen atoms in total. The van der Waals surface area contributed by atoms with Crippen LogP contribution in [0.25, 0.3) is 11.0 Å². The van der Waals surface area contributed by atoms with Crippen molar-refractivity contribution in [3.63, 3.8) is 0 Å². The van der Waals surface area contributed by atoms with E-state index in [1.807, 2.05) is 29.3 Å². The second-order valence-electron chi connectivity index (χ2n) is 7.13. The molecule has 1 atom stereocenters. The first-order chi connectivity index (χ1) is 13.6. The molecule has 4 rings (SSSR count). The quantitative estimate of drug-likeness (QED) is 0.720. The van der Waals surface area contributed by atoms with Crippen LogP contribution in [0.5, 0.6) is 0 Å². The highest BCUT2D eigenvalue weighted by atomic mass is 35.5. The Hall–Kier alpha value is -2.73. The van der Waals surface area contributed by atoms with E-state index in [1.54, 1.807) is 25.5 Å². The number of anilines is 1. The van der Waals surface area contributed by atoms with Gasteiger partial charge in [0.05, 0.1) is 16.6 Å². The molecule has 1 saturated heterocycles. The highest BCUT2D eigenvalue weighted by Crippen LogP contribution is 2.35. The van der Waals surface area contributed by atoms with Gasteiger partial charge in [0.1, 0.15) is 5.52 Å². The number of nitrogens with one attached hydrogen (secondary N) is 1. The zero-order valence-corrected chi connectivity index (χ0v) is 16.4. The van der Waals surface area contributed by atoms with Crippen molar-refractivity contribution in [3.05, 3.63) is 59.6 Å². The predicted molar refractivity (Wildman–Crippen MR) is 110 cm³/mol. The van der Waals surface area contributed by atoms with Crippen molar-refractivity contribution in [2.75, 3.05) is 18.4 Å². The average molecular weight is 396 g/mol. The van der Waals surface area contributed by atoms with Crippen LogP contribution in [0.4, 0.5) is 5.69 Å². The molecule has 144 valence electrons. The van der Waals surface area contributed by atoms with Gasteiger partial charge in [-0.3, -0.25) is 19.7 Å². The first-order valence-corrected chi connectivity index (χ1v) is 9.82. The highest BCUT2D eigenvalue weighted by Gasteiger charge is 2.29. The summed E-state index contributed by atoms with van der Waals surface area (Å²) in [5.74, 6) is 0.528. The van der Waals surface area contributed by atoms with Crippen LogP contribution in [0.2, 0.25) is 5.02 Å². The molecule has 1 aromatic carbocycles. The Morgan fingerprint density at radius 3 is 2.71 bits per heavy atom. The van der Waals surface area contributed by atoms with Crippen LogP contribution in [0.1, 0.15) is 31.4 Å². The summed E-state index contributed by atoms with van der Waals surface area (Å²) in [5, 5.41) is 4.22. The van der Waals surface area contributed by atoms with E-state index in [0.717, 1.165) is 42.7 Å². The number of likely N-dealkylation sites (tertiary alicyclic amines) is 1. The van der Waals surface area contributed by atoms with Gasteiger partial charge in [-0.1, -0.05) is 17.7 Å². The Morgan fingerprint density at radius 1 is 1.21 bits per heavy atom. The van der Waals surface area contributed by atoms with Gasteiger partial charge in [0, 0.05) is 50.5 Å². The SMILES string of the molecule is CC(=O)N1CCC(C(Nc2cc(Cl)c3nccnc3c2)c2cccnc2)CC1. The molecule has 0 aliphatic carbocycles. The number of nitrogens with zero attached hydrogens (tertiary/aromatic N) is 4. The number of rotatable bonds is 4. The number of fused-ring (bicyclic) bond motifs is 1. The van der Waals surface area contributed by atoms with Gasteiger partial charge in [0.15, 0.2) is 0 Å². The van der Waals surface area contributed by atoms with Gasteiger partial charge in [-0.15, -0.1) is 0 Å². The Balaban J connectivity index is 1.63. The summed E-state index contributed by atoms with van der Waals surface area (Å²) in [6.07, 6.45) is 8.86. The molecule has 3 aromatic rings. The summed E-state index contributed by atoms with van der Waals surface area (Å²) in [6.45, 7) is 3.19. The summed E-state index contributed by atoms with van der Waals surface area (Å²) >= 11 is 6.43. The number of aromatic nitrogens is 3. The Labute approximate surface area is 169 Å². The number of benzene rings is 1. The monoisotopic (exact) mass is 395 g/mol. The number of hydrogen-bond acceptors (Lipinski definition) is 5. The van der Waals surface area contributed by atoms with Gasteiger partial charge < -0.3 is 10.2 Å². The molecule has 1 aliphatic rings. The summed E-state index contributed by atoms with van der Waals surface area (Å²) in [6, 6.07) is 7.99. The summed E-state index contributed by atoms with van der Waals surface area (Å²) in [5.41, 5.74) is 3.48. The molecule has 0 saturated carbocycles. The maximum atomic E-state index is 11.7. The van der Waals surface area contributed by atoms with Gasteiger partial charge in [0.2, 0.25) is 5.91 Å². The zero-order chi connectivity index (χ0) is 19.5. The standard InChI is InChI=1S/C21H22ClN5O/c1-14(28)27-9-4-15(5-10-27)20(16-3-2-6-23-13-16)26-17-11-18(22)21-19(12-17)24-7-8-25-21/h2-3,6-8,11-13,15,20,26H,4-5,9-10H2,1H3. The number of hydrogen-bond donors (Lipinski definition) is 1. The third-order valence-corrected chi connectivity index (χ3v) is 5.64. The minimum Gasteiger partial charge on any atom is -0.378 e. The third-order valence-electron chi connectivity index (χ3n) is 5.35. The summed E-state index contributed by atoms with van der Waals surface area (Å²) in [7, 11) is 0. The molecule has 0 radical (unpaired) electrons. The van der Waals surface area contributed by atoms with Gasteiger partial charge in [-0.05, 0) is 42.5 Å². The minimum atomic E-state index is 0.0768. The lowest BCUT2D eigenvalue weighted by Gasteiger charge is -2.36. The second kappa shape index (κ2) is 8.10. The molecule has 1 fully saturated rings. The van der Waals surface area contributed by atoms with Crippen molar-refractivity contribution in [1.29, 1.82) is 0 Å². The fraction of sp³-hybridized carbons (Fsp3) is 0.333. The first kappa shape index (κ1) is 18.6. The lowest BCUT2D eigenvalue weighted by molar-refractivity contribution is -0.130. The van der Waals surface area contributed by atoms with E-state index in [0.29, 0.717) is 16.5 Å². The molecule has 1 unspecified atom stereocenters. The lowest BCUT2D eigenvalue weighted by Crippen LogP contribution is -2.39. The van der Waals surface area contributed by atoms with E-state index >= 15 is 0 Å². The predicted octanol–water partition coefficient (Wildman–Crippen LogP) is 4.09. The van der Waals surface area contributed by atoms with E-state index in [-0.39, 0.29) is 11.9 Å². The molecule has 0 bridgehead atoms. The van der Waals surface area contributed by atoms with Crippen molar-refractivity contribution in [2.45, 2.75) is 25.8 Å². The molecule has 0 spiro atoms. The van der Waals surface area contributed by atoms with Crippen LogP contribution >= 0.6 is 11.6 Å². The largest absolute Gasteiger partial charge is 0.378 e. The molecular weight excluding hydrogens is 374 g/mol. The number of halogens is 1. The first-order valence-electron chi connectivity index (χ1n) is 9.44. The topological polar surface area (TPSA) is 71.0 Å². The van der Waals surface area contributed by atoms with Gasteiger partial charge in [-0.25, -0.2) is 0 Å². The van der Waals surface area contributed by atoms with E-state index in [4.69, 9.17) is 11.6 Å². The van der Waals surface area contributed by atoms with Gasteiger partial charge in [-0.2, -0.15) is 0 Å². The van der Waals surface area contributed by atoms with Crippen molar-refractivity contribution in [2.24, 2.45) is 5.92 Å². The molecule has 28 heavy (non-hydrogen) atoms. The second-order valence-corrected chi connectivity index (χ2v) is 7.54. The number of carbonyl (C=O) groups is 1. The zero-order valence-electron chi connectivity index (χ0n) is 15.7. The summed E-state index contributed by atoms with van der Waals surface area (Å²) < 4.78 is 0. The van der Waals surface area contributed by atoms with Gasteiger partial charge in [0.25, 0.3) is 0 Å². The number of carbonyl (C=O) groups excluding carboxylic acids is 1. The Bertz CT molecular complexity index is 973. The number of pyridine rings is 1. The molecular formula is C21H22ClN5O. The maximum absolute atomic E-state index is 11.7. The average Bonchev–Trinajstić information content (AvgIpc) is 2.73. The molecule has 1 N–H and O–H groups in total. The fourth-order valence-corrected chi connectivity index (χ4v) is 4.14. The Morgan fingerprint density at radius 2 is 2.00 bits per heavy atom. The van der Waals surface area contributed by atoms with Crippen LogP contribution in [0, 0.1) is 5.92 Å². The van der Waals surface area contributed by atoms with Crippen LogP contribution in [0.3, 0.4) is 0 Å². The van der Waals surface area contributed by atoms with E-state index in [1.165, 1.54) is 0 Å². The van der Waals surface area contributed by atoms with Crippen molar-refractivity contribution >= 4 is 34.2 Å². The van der Waals surface area contributed by atoms with Crippen LogP contribution in [-0.2, 0) is 4.79 Å². The van der Waals surface area contributed by atoms with E-state index < -0.39 is 0 Å². The van der Waals surface area contributed by atoms with E-state index in [2.05, 4.69) is 26.3 Å². The van der Waals surface area contributed by atoms with Crippen LogP contribution < -0.4 is 5.32 Å². The maximum Gasteiger partial charge on any atom is 0.219 e. The van der Waals surface area contributed by atoms with Crippen LogP contribution in [0.15, 0.2) is 49.1 Å². The van der Waals surface area contributed by atoms with Crippen LogP contribution in [-0.4, -0.2) is 38.8 Å². The number of amides is 1. The molecule has 1 amide bonds. The lowest BCUT2D eigenvalue weighted by atomic mass is 9.85. The third kappa shape index (κ3) is 3.92. The van der Waals surface area contributed by atoms with E-state index in [9.17, 15) is 4.79 Å². The molecule has 3 heterocycles. The van der Waals surface area contributed by atoms with Crippen molar-refractivity contribution in [3.8, 4) is 0 Å². The molecule has 1 aliphatic heterocycles. The number of piperidine rings is 1. The van der Waals surface area contributed by atoms with Crippen molar-refractivity contribution in [1.82, 2.24) is 19.9 Å². The van der Waals surface area contributed by atoms with Gasteiger partial charge >= 0.3 is 0 Å². The smallest absolute Gasteiger partial charge is 0.219 e. The minimum absolute atomic E-state index is 0.0768. The Kier molecular flexibility index (Phi) is 5.39. The van der Waals surface area contributed by atoms with Crippen molar-refractivity contribution < 1.29 is 4.79 Å². The molecule has 2 aromatic heterocycles. The summed E-state index contributed by atoms with van der Waals surface area (Å²) in [4.78, 5) is 26.6.